The normalized spacial score (nSPS) is 10.8. The Hall–Kier alpha value is -2.43. The van der Waals surface area contributed by atoms with Crippen LogP contribution in [0.3, 0.4) is 0 Å². The van der Waals surface area contributed by atoms with Crippen LogP contribution in [0, 0.1) is 5.82 Å². The van der Waals surface area contributed by atoms with Crippen molar-refractivity contribution in [1.29, 1.82) is 0 Å². The van der Waals surface area contributed by atoms with Gasteiger partial charge in [-0.05, 0) is 29.8 Å². The summed E-state index contributed by atoms with van der Waals surface area (Å²) in [5.74, 6) is 1.18. The Kier molecular flexibility index (Phi) is 2.87. The fourth-order valence-corrected chi connectivity index (χ4v) is 1.89. The first-order valence-electron chi connectivity index (χ1n) is 5.88. The second kappa shape index (κ2) is 4.68. The number of hydrogen-bond donors (Lipinski definition) is 0. The van der Waals surface area contributed by atoms with E-state index in [1.807, 2.05) is 12.1 Å². The SMILES string of the molecule is COc1ccc2nc(Cc3ccc(F)cc3)nn2c1. The van der Waals surface area contributed by atoms with Crippen LogP contribution in [0.15, 0.2) is 42.6 Å². The lowest BCUT2D eigenvalue weighted by Crippen LogP contribution is -1.93. The van der Waals surface area contributed by atoms with Gasteiger partial charge in [-0.1, -0.05) is 12.1 Å². The molecule has 0 spiro atoms. The molecule has 2 aromatic heterocycles. The van der Waals surface area contributed by atoms with E-state index in [9.17, 15) is 4.39 Å². The van der Waals surface area contributed by atoms with Gasteiger partial charge in [0.1, 0.15) is 11.6 Å². The Labute approximate surface area is 109 Å². The van der Waals surface area contributed by atoms with E-state index in [0.717, 1.165) is 17.0 Å². The Morgan fingerprint density at radius 2 is 1.95 bits per heavy atom. The second-order valence-electron chi connectivity index (χ2n) is 4.20. The van der Waals surface area contributed by atoms with Crippen molar-refractivity contribution in [3.63, 3.8) is 0 Å². The highest BCUT2D eigenvalue weighted by atomic mass is 19.1. The van der Waals surface area contributed by atoms with Gasteiger partial charge in [-0.3, -0.25) is 0 Å². The van der Waals surface area contributed by atoms with E-state index in [0.29, 0.717) is 12.2 Å². The number of rotatable bonds is 3. The monoisotopic (exact) mass is 257 g/mol. The molecule has 3 aromatic rings. The number of pyridine rings is 1. The molecule has 0 fully saturated rings. The number of ether oxygens (including phenoxy) is 1. The molecule has 0 unspecified atom stereocenters. The lowest BCUT2D eigenvalue weighted by atomic mass is 10.1. The number of nitrogens with zero attached hydrogens (tertiary/aromatic N) is 3. The third-order valence-corrected chi connectivity index (χ3v) is 2.86. The first kappa shape index (κ1) is 11.6. The molecular weight excluding hydrogens is 245 g/mol. The van der Waals surface area contributed by atoms with Crippen LogP contribution in [-0.2, 0) is 6.42 Å². The van der Waals surface area contributed by atoms with Crippen molar-refractivity contribution in [2.45, 2.75) is 6.42 Å². The molecule has 19 heavy (non-hydrogen) atoms. The molecule has 1 aromatic carbocycles. The number of aromatic nitrogens is 3. The Balaban J connectivity index is 1.90. The quantitative estimate of drug-likeness (QED) is 0.723. The summed E-state index contributed by atoms with van der Waals surface area (Å²) in [6, 6.07) is 10.0. The van der Waals surface area contributed by atoms with Gasteiger partial charge >= 0.3 is 0 Å². The lowest BCUT2D eigenvalue weighted by molar-refractivity contribution is 0.411. The van der Waals surface area contributed by atoms with E-state index >= 15 is 0 Å². The summed E-state index contributed by atoms with van der Waals surface area (Å²) in [4.78, 5) is 4.41. The van der Waals surface area contributed by atoms with Gasteiger partial charge in [-0.15, -0.1) is 0 Å². The van der Waals surface area contributed by atoms with Gasteiger partial charge in [-0.25, -0.2) is 13.9 Å². The summed E-state index contributed by atoms with van der Waals surface area (Å²) < 4.78 is 19.6. The molecule has 0 aliphatic rings. The van der Waals surface area contributed by atoms with Gasteiger partial charge in [0.15, 0.2) is 11.5 Å². The van der Waals surface area contributed by atoms with Crippen LogP contribution in [0.1, 0.15) is 11.4 Å². The van der Waals surface area contributed by atoms with Gasteiger partial charge < -0.3 is 4.74 Å². The summed E-state index contributed by atoms with van der Waals surface area (Å²) >= 11 is 0. The average Bonchev–Trinajstić information content (AvgIpc) is 2.82. The van der Waals surface area contributed by atoms with E-state index in [1.54, 1.807) is 30.0 Å². The molecule has 3 rings (SSSR count). The predicted octanol–water partition coefficient (Wildman–Crippen LogP) is 2.47. The molecule has 0 radical (unpaired) electrons. The highest BCUT2D eigenvalue weighted by Crippen LogP contribution is 2.13. The molecule has 0 saturated heterocycles. The summed E-state index contributed by atoms with van der Waals surface area (Å²) in [5.41, 5.74) is 1.74. The molecule has 0 amide bonds. The van der Waals surface area contributed by atoms with Crippen LogP contribution in [-0.4, -0.2) is 21.7 Å². The molecule has 0 atom stereocenters. The summed E-state index contributed by atoms with van der Waals surface area (Å²) in [6.45, 7) is 0. The van der Waals surface area contributed by atoms with Crippen molar-refractivity contribution in [2.75, 3.05) is 7.11 Å². The largest absolute Gasteiger partial charge is 0.495 e. The molecule has 0 aliphatic heterocycles. The maximum absolute atomic E-state index is 12.8. The highest BCUT2D eigenvalue weighted by molar-refractivity contribution is 5.41. The number of hydrogen-bond acceptors (Lipinski definition) is 3. The van der Waals surface area contributed by atoms with Gasteiger partial charge in [0.25, 0.3) is 0 Å². The molecular formula is C14H12FN3O. The first-order valence-corrected chi connectivity index (χ1v) is 5.88. The molecule has 0 aliphatic carbocycles. The summed E-state index contributed by atoms with van der Waals surface area (Å²) in [6.07, 6.45) is 2.35. The van der Waals surface area contributed by atoms with Crippen LogP contribution < -0.4 is 4.74 Å². The van der Waals surface area contributed by atoms with E-state index in [-0.39, 0.29) is 5.82 Å². The molecule has 96 valence electrons. The molecule has 0 bridgehead atoms. The zero-order valence-electron chi connectivity index (χ0n) is 10.4. The molecule has 0 N–H and O–H groups in total. The summed E-state index contributed by atoms with van der Waals surface area (Å²) in [7, 11) is 1.61. The van der Waals surface area contributed by atoms with E-state index in [1.165, 1.54) is 12.1 Å². The minimum absolute atomic E-state index is 0.239. The van der Waals surface area contributed by atoms with Crippen LogP contribution in [0.2, 0.25) is 0 Å². The predicted molar refractivity (Wildman–Crippen MR) is 68.7 cm³/mol. The van der Waals surface area contributed by atoms with Crippen LogP contribution in [0.25, 0.3) is 5.65 Å². The molecule has 2 heterocycles. The third kappa shape index (κ3) is 2.40. The van der Waals surface area contributed by atoms with Gasteiger partial charge in [0.05, 0.1) is 13.3 Å². The van der Waals surface area contributed by atoms with Crippen LogP contribution in [0.4, 0.5) is 4.39 Å². The van der Waals surface area contributed by atoms with Crippen molar-refractivity contribution in [3.8, 4) is 5.75 Å². The average molecular weight is 257 g/mol. The maximum atomic E-state index is 12.8. The van der Waals surface area contributed by atoms with Crippen molar-refractivity contribution < 1.29 is 9.13 Å². The lowest BCUT2D eigenvalue weighted by Gasteiger charge is -1.97. The standard InChI is InChI=1S/C14H12FN3O/c1-19-12-6-7-14-16-13(17-18(14)9-12)8-10-2-4-11(15)5-3-10/h2-7,9H,8H2,1H3. The van der Waals surface area contributed by atoms with Crippen molar-refractivity contribution in [1.82, 2.24) is 14.6 Å². The van der Waals surface area contributed by atoms with Crippen LogP contribution in [0.5, 0.6) is 5.75 Å². The number of fused-ring (bicyclic) bond motifs is 1. The van der Waals surface area contributed by atoms with E-state index < -0.39 is 0 Å². The van der Waals surface area contributed by atoms with Crippen molar-refractivity contribution >= 4 is 5.65 Å². The minimum Gasteiger partial charge on any atom is -0.495 e. The minimum atomic E-state index is -0.239. The smallest absolute Gasteiger partial charge is 0.156 e. The van der Waals surface area contributed by atoms with Crippen molar-refractivity contribution in [2.24, 2.45) is 0 Å². The Morgan fingerprint density at radius 1 is 1.16 bits per heavy atom. The fraction of sp³-hybridized carbons (Fsp3) is 0.143. The zero-order valence-corrected chi connectivity index (χ0v) is 10.4. The van der Waals surface area contributed by atoms with E-state index in [2.05, 4.69) is 10.1 Å². The highest BCUT2D eigenvalue weighted by Gasteiger charge is 2.05. The molecule has 0 saturated carbocycles. The Morgan fingerprint density at radius 3 is 2.68 bits per heavy atom. The topological polar surface area (TPSA) is 39.4 Å². The second-order valence-corrected chi connectivity index (χ2v) is 4.20. The van der Waals surface area contributed by atoms with Crippen molar-refractivity contribution in [3.05, 3.63) is 59.8 Å². The number of halogens is 1. The van der Waals surface area contributed by atoms with Crippen LogP contribution >= 0.6 is 0 Å². The van der Waals surface area contributed by atoms with Gasteiger partial charge in [0, 0.05) is 6.42 Å². The first-order chi connectivity index (χ1) is 9.24. The molecule has 4 nitrogen and oxygen atoms in total. The number of benzene rings is 1. The van der Waals surface area contributed by atoms with Gasteiger partial charge in [-0.2, -0.15) is 5.10 Å². The third-order valence-electron chi connectivity index (χ3n) is 2.86. The summed E-state index contributed by atoms with van der Waals surface area (Å²) in [5, 5.41) is 4.37. The van der Waals surface area contributed by atoms with Gasteiger partial charge in [0.2, 0.25) is 0 Å². The fourth-order valence-electron chi connectivity index (χ4n) is 1.89. The maximum Gasteiger partial charge on any atom is 0.156 e. The zero-order chi connectivity index (χ0) is 13.2. The Bertz CT molecular complexity index is 706. The molecule has 5 heteroatoms. The number of methoxy groups -OCH3 is 1. The van der Waals surface area contributed by atoms with E-state index in [4.69, 9.17) is 4.74 Å².